The molecular weight excluding hydrogens is 229 g/mol. The number of aliphatic carboxylic acids is 1. The monoisotopic (exact) mass is 232 g/mol. The van der Waals surface area contributed by atoms with Gasteiger partial charge in [-0.1, -0.05) is 0 Å². The number of carbonyl (C=O) groups is 1. The van der Waals surface area contributed by atoms with Gasteiger partial charge in [0.05, 0.1) is 0 Å². The van der Waals surface area contributed by atoms with Crippen LogP contribution in [0.15, 0.2) is 0 Å². The van der Waals surface area contributed by atoms with Gasteiger partial charge in [-0.15, -0.1) is 0 Å². The Balaban J connectivity index is -0.0000000150. The molecule has 0 aromatic heterocycles. The SMILES string of the molecule is CC(=O)O.[Co].[Mn].[Ni]. The van der Waals surface area contributed by atoms with E-state index < -0.39 is 5.97 Å². The summed E-state index contributed by atoms with van der Waals surface area (Å²) in [7, 11) is 0. The van der Waals surface area contributed by atoms with Crippen LogP contribution in [-0.4, -0.2) is 11.1 Å². The van der Waals surface area contributed by atoms with E-state index in [0.29, 0.717) is 0 Å². The Kier molecular flexibility index (Phi) is 55.2. The summed E-state index contributed by atoms with van der Waals surface area (Å²) in [6.45, 7) is 1.08. The zero-order chi connectivity index (χ0) is 3.58. The third kappa shape index (κ3) is 178. The molecule has 0 aromatic rings. The molecule has 50 valence electrons. The van der Waals surface area contributed by atoms with E-state index in [0.717, 1.165) is 6.92 Å². The first kappa shape index (κ1) is 24.5. The van der Waals surface area contributed by atoms with Crippen LogP contribution in [0.5, 0.6) is 0 Å². The predicted molar refractivity (Wildman–Crippen MR) is 13.3 cm³/mol. The molecule has 7 heavy (non-hydrogen) atoms. The van der Waals surface area contributed by atoms with Crippen LogP contribution in [0.25, 0.3) is 0 Å². The van der Waals surface area contributed by atoms with Gasteiger partial charge in [-0.25, -0.2) is 0 Å². The second kappa shape index (κ2) is 15.8. The zero-order valence-electron chi connectivity index (χ0n) is 3.38. The second-order valence-corrected chi connectivity index (χ2v) is 0.519. The van der Waals surface area contributed by atoms with Crippen molar-refractivity contribution in [3.63, 3.8) is 0 Å². The molecule has 0 aliphatic rings. The third-order valence-corrected chi connectivity index (χ3v) is 0. The maximum atomic E-state index is 9.00. The number of hydrogen-bond donors (Lipinski definition) is 1. The minimum atomic E-state index is -0.833. The van der Waals surface area contributed by atoms with Crippen LogP contribution in [0, 0.1) is 0 Å². The fraction of sp³-hybridized carbons (Fsp3) is 0.500. The second-order valence-electron chi connectivity index (χ2n) is 0.519. The van der Waals surface area contributed by atoms with Gasteiger partial charge in [-0.3, -0.25) is 4.79 Å². The molecule has 0 amide bonds. The van der Waals surface area contributed by atoms with Crippen molar-refractivity contribution in [2.75, 3.05) is 0 Å². The van der Waals surface area contributed by atoms with Gasteiger partial charge in [0.2, 0.25) is 0 Å². The molecule has 0 saturated heterocycles. The van der Waals surface area contributed by atoms with Gasteiger partial charge in [0, 0.05) is 57.3 Å². The van der Waals surface area contributed by atoms with Crippen molar-refractivity contribution in [2.24, 2.45) is 0 Å². The van der Waals surface area contributed by atoms with Crippen LogP contribution in [-0.2, 0) is 55.1 Å². The number of carboxylic acids is 1. The van der Waals surface area contributed by atoms with Gasteiger partial charge in [-0.05, 0) is 0 Å². The summed E-state index contributed by atoms with van der Waals surface area (Å²) in [6.07, 6.45) is 0. The Morgan fingerprint density at radius 1 is 1.57 bits per heavy atom. The molecule has 0 bridgehead atoms. The van der Waals surface area contributed by atoms with Gasteiger partial charge in [-0.2, -0.15) is 0 Å². The summed E-state index contributed by atoms with van der Waals surface area (Å²) in [4.78, 5) is 9.00. The molecule has 0 rings (SSSR count). The van der Waals surface area contributed by atoms with Crippen LogP contribution in [0.4, 0.5) is 0 Å². The average molecular weight is 233 g/mol. The average Bonchev–Trinajstić information content (AvgIpc) is 0.811. The molecule has 0 fully saturated rings. The van der Waals surface area contributed by atoms with Crippen molar-refractivity contribution < 1.29 is 60.2 Å². The van der Waals surface area contributed by atoms with Crippen molar-refractivity contribution in [1.82, 2.24) is 0 Å². The van der Waals surface area contributed by atoms with Gasteiger partial charge < -0.3 is 5.11 Å². The van der Waals surface area contributed by atoms with E-state index in [9.17, 15) is 0 Å². The van der Waals surface area contributed by atoms with E-state index in [1.165, 1.54) is 0 Å². The van der Waals surface area contributed by atoms with Crippen molar-refractivity contribution in [3.8, 4) is 0 Å². The maximum Gasteiger partial charge on any atom is 0.300 e. The van der Waals surface area contributed by atoms with Gasteiger partial charge in [0.1, 0.15) is 0 Å². The smallest absolute Gasteiger partial charge is 0.300 e. The Bertz CT molecular complexity index is 38.7. The first-order valence-corrected chi connectivity index (χ1v) is 0.928. The molecule has 0 aliphatic carbocycles. The molecular formula is C2H4CoMnNiO2. The molecule has 0 atom stereocenters. The number of hydrogen-bond acceptors (Lipinski definition) is 1. The maximum absolute atomic E-state index is 9.00. The number of rotatable bonds is 0. The van der Waals surface area contributed by atoms with Gasteiger partial charge >= 0.3 is 0 Å². The molecule has 0 aromatic carbocycles. The van der Waals surface area contributed by atoms with E-state index >= 15 is 0 Å². The van der Waals surface area contributed by atoms with E-state index in [2.05, 4.69) is 0 Å². The van der Waals surface area contributed by atoms with Crippen molar-refractivity contribution in [2.45, 2.75) is 6.92 Å². The van der Waals surface area contributed by atoms with E-state index in [-0.39, 0.29) is 50.3 Å². The van der Waals surface area contributed by atoms with E-state index in [4.69, 9.17) is 9.90 Å². The Hall–Kier alpha value is 0.989. The normalized spacial score (nSPS) is 3.57. The largest absolute Gasteiger partial charge is 0.481 e. The standard InChI is InChI=1S/C2H4O2.Co.Mn.Ni/c1-2(3)4;;;/h1H3,(H,3,4);;;. The fourth-order valence-corrected chi connectivity index (χ4v) is 0. The predicted octanol–water partition coefficient (Wildman–Crippen LogP) is 0.0834. The summed E-state index contributed by atoms with van der Waals surface area (Å²) < 4.78 is 0. The zero-order valence-corrected chi connectivity index (χ0v) is 6.59. The van der Waals surface area contributed by atoms with E-state index in [1.807, 2.05) is 0 Å². The van der Waals surface area contributed by atoms with Crippen LogP contribution in [0.2, 0.25) is 0 Å². The Morgan fingerprint density at radius 2 is 1.57 bits per heavy atom. The topological polar surface area (TPSA) is 37.3 Å². The molecule has 5 heteroatoms. The van der Waals surface area contributed by atoms with Crippen LogP contribution in [0.3, 0.4) is 0 Å². The first-order chi connectivity index (χ1) is 1.73. The summed E-state index contributed by atoms with van der Waals surface area (Å²) in [6, 6.07) is 0. The van der Waals surface area contributed by atoms with Crippen LogP contribution >= 0.6 is 0 Å². The third-order valence-electron chi connectivity index (χ3n) is 0. The minimum Gasteiger partial charge on any atom is -0.481 e. The van der Waals surface area contributed by atoms with Gasteiger partial charge in [0.25, 0.3) is 5.97 Å². The molecule has 1 N–H and O–H groups in total. The quantitative estimate of drug-likeness (QED) is 0.601. The minimum absolute atomic E-state index is 0. The summed E-state index contributed by atoms with van der Waals surface area (Å²) in [5.41, 5.74) is 0. The number of carboxylic acid groups (broad SMARTS) is 1. The Labute approximate surface area is 73.0 Å². The molecule has 0 unspecified atom stereocenters. The van der Waals surface area contributed by atoms with Crippen molar-refractivity contribution in [1.29, 1.82) is 0 Å². The molecule has 0 spiro atoms. The van der Waals surface area contributed by atoms with Gasteiger partial charge in [0.15, 0.2) is 0 Å². The summed E-state index contributed by atoms with van der Waals surface area (Å²) in [5, 5.41) is 7.42. The molecule has 0 saturated carbocycles. The van der Waals surface area contributed by atoms with Crippen molar-refractivity contribution >= 4 is 5.97 Å². The Morgan fingerprint density at radius 3 is 1.57 bits per heavy atom. The molecule has 0 heterocycles. The molecule has 2 radical (unpaired) electrons. The van der Waals surface area contributed by atoms with Crippen LogP contribution in [0.1, 0.15) is 6.92 Å². The summed E-state index contributed by atoms with van der Waals surface area (Å²) >= 11 is 0. The molecule has 0 aliphatic heterocycles. The molecule has 2 nitrogen and oxygen atoms in total. The first-order valence-electron chi connectivity index (χ1n) is 0.928. The summed E-state index contributed by atoms with van der Waals surface area (Å²) in [5.74, 6) is -0.833. The van der Waals surface area contributed by atoms with Crippen LogP contribution < -0.4 is 0 Å². The fourth-order valence-electron chi connectivity index (χ4n) is 0. The van der Waals surface area contributed by atoms with E-state index in [1.54, 1.807) is 0 Å². The van der Waals surface area contributed by atoms with Crippen molar-refractivity contribution in [3.05, 3.63) is 0 Å².